The van der Waals surface area contributed by atoms with E-state index in [9.17, 15) is 19.7 Å². The summed E-state index contributed by atoms with van der Waals surface area (Å²) in [4.78, 5) is 32.3. The zero-order valence-electron chi connectivity index (χ0n) is 9.30. The number of esters is 1. The molecule has 0 aliphatic rings. The average molecular weight is 241 g/mol. The number of hydrogen-bond donors (Lipinski definition) is 1. The van der Waals surface area contributed by atoms with E-state index < -0.39 is 16.8 Å². The molecule has 1 aromatic rings. The van der Waals surface area contributed by atoms with E-state index in [1.165, 1.54) is 26.3 Å². The summed E-state index contributed by atoms with van der Waals surface area (Å²) < 4.78 is 5.47. The zero-order chi connectivity index (χ0) is 13.0. The fourth-order valence-electron chi connectivity index (χ4n) is 1.23. The van der Waals surface area contributed by atoms with E-state index in [2.05, 4.69) is 10.1 Å². The average Bonchev–Trinajstić information content (AvgIpc) is 2.67. The smallest absolute Gasteiger partial charge is 0.325 e. The topological polar surface area (TPSA) is 103 Å². The molecule has 0 saturated heterocycles. The first-order chi connectivity index (χ1) is 7.97. The van der Waals surface area contributed by atoms with Crippen molar-refractivity contribution >= 4 is 17.7 Å². The Morgan fingerprint density at radius 1 is 1.53 bits per heavy atom. The lowest BCUT2D eigenvalue weighted by Gasteiger charge is -2.02. The third-order valence-electron chi connectivity index (χ3n) is 2.14. The van der Waals surface area contributed by atoms with Crippen LogP contribution in [0.4, 0.5) is 5.82 Å². The minimum absolute atomic E-state index is 0.0978. The van der Waals surface area contributed by atoms with E-state index >= 15 is 0 Å². The molecule has 1 N–H and O–H groups in total. The third-order valence-corrected chi connectivity index (χ3v) is 2.14. The van der Waals surface area contributed by atoms with Crippen molar-refractivity contribution in [3.05, 3.63) is 27.9 Å². The Morgan fingerprint density at radius 3 is 2.65 bits per heavy atom. The van der Waals surface area contributed by atoms with Crippen LogP contribution >= 0.6 is 0 Å². The number of methoxy groups -OCH3 is 1. The summed E-state index contributed by atoms with van der Waals surface area (Å²) in [6.07, 6.45) is 0. The summed E-state index contributed by atoms with van der Waals surface area (Å²) in [5.41, 5.74) is 0.0978. The highest BCUT2D eigenvalue weighted by Crippen LogP contribution is 2.14. The number of carbonyl (C=O) groups excluding carboxylic acids is 2. The molecule has 0 aliphatic carbocycles. The molecule has 0 bridgehead atoms. The second kappa shape index (κ2) is 5.10. The van der Waals surface area contributed by atoms with E-state index in [0.717, 1.165) is 4.57 Å². The molecule has 1 aromatic heterocycles. The van der Waals surface area contributed by atoms with Gasteiger partial charge < -0.3 is 20.2 Å². The Bertz CT molecular complexity index is 465. The van der Waals surface area contributed by atoms with Crippen molar-refractivity contribution < 1.29 is 19.2 Å². The Kier molecular flexibility index (Phi) is 3.81. The fraction of sp³-hybridized carbons (Fsp3) is 0.333. The highest BCUT2D eigenvalue weighted by Gasteiger charge is 2.20. The van der Waals surface area contributed by atoms with Gasteiger partial charge >= 0.3 is 11.8 Å². The number of nitrogens with zero attached hydrogens (tertiary/aromatic N) is 2. The van der Waals surface area contributed by atoms with Crippen molar-refractivity contribution in [3.63, 3.8) is 0 Å². The van der Waals surface area contributed by atoms with Crippen LogP contribution in [0.25, 0.3) is 0 Å². The number of nitro groups is 1. The van der Waals surface area contributed by atoms with Gasteiger partial charge in [0.15, 0.2) is 5.69 Å². The molecule has 0 aliphatic heterocycles. The van der Waals surface area contributed by atoms with Crippen LogP contribution in [0, 0.1) is 10.1 Å². The molecule has 0 aromatic carbocycles. The maximum Gasteiger partial charge on any atom is 0.325 e. The molecular formula is C9H11N3O5. The zero-order valence-corrected chi connectivity index (χ0v) is 9.30. The number of ether oxygens (including phenoxy) is 1. The van der Waals surface area contributed by atoms with Gasteiger partial charge in [0.2, 0.25) is 0 Å². The minimum Gasteiger partial charge on any atom is -0.468 e. The SMILES string of the molecule is COC(=O)CNC(=O)c1ccc([N+](=O)[O-])n1C. The van der Waals surface area contributed by atoms with Crippen LogP contribution in [0.5, 0.6) is 0 Å². The molecule has 0 atom stereocenters. The molecule has 1 heterocycles. The fourth-order valence-corrected chi connectivity index (χ4v) is 1.23. The second-order valence-electron chi connectivity index (χ2n) is 3.15. The third kappa shape index (κ3) is 2.80. The van der Waals surface area contributed by atoms with E-state index in [1.807, 2.05) is 0 Å². The van der Waals surface area contributed by atoms with E-state index in [-0.39, 0.29) is 18.1 Å². The quantitative estimate of drug-likeness (QED) is 0.448. The van der Waals surface area contributed by atoms with Crippen molar-refractivity contribution in [1.29, 1.82) is 0 Å². The van der Waals surface area contributed by atoms with Crippen molar-refractivity contribution in [3.8, 4) is 0 Å². The molecule has 0 saturated carbocycles. The lowest BCUT2D eigenvalue weighted by Crippen LogP contribution is -2.31. The summed E-state index contributed by atoms with van der Waals surface area (Å²) in [5, 5.41) is 12.8. The first-order valence-electron chi connectivity index (χ1n) is 4.62. The van der Waals surface area contributed by atoms with Gasteiger partial charge in [-0.3, -0.25) is 9.59 Å². The van der Waals surface area contributed by atoms with Crippen LogP contribution in [-0.4, -0.2) is 35.0 Å². The first-order valence-corrected chi connectivity index (χ1v) is 4.62. The van der Waals surface area contributed by atoms with Crippen LogP contribution < -0.4 is 5.32 Å². The molecule has 92 valence electrons. The van der Waals surface area contributed by atoms with Crippen LogP contribution in [-0.2, 0) is 16.6 Å². The van der Waals surface area contributed by atoms with Gasteiger partial charge in [-0.25, -0.2) is 4.57 Å². The standard InChI is InChI=1S/C9H11N3O5/c1-11-6(3-4-7(11)12(15)16)9(14)10-5-8(13)17-2/h3-4H,5H2,1-2H3,(H,10,14). The summed E-state index contributed by atoms with van der Waals surface area (Å²) in [6, 6.07) is 2.53. The molecule has 17 heavy (non-hydrogen) atoms. The summed E-state index contributed by atoms with van der Waals surface area (Å²) in [6.45, 7) is -0.283. The number of nitrogens with one attached hydrogen (secondary N) is 1. The highest BCUT2D eigenvalue weighted by atomic mass is 16.6. The Hall–Kier alpha value is -2.38. The number of rotatable bonds is 4. The number of carbonyl (C=O) groups is 2. The minimum atomic E-state index is -0.600. The van der Waals surface area contributed by atoms with Crippen molar-refractivity contribution in [2.45, 2.75) is 0 Å². The molecule has 0 fully saturated rings. The Morgan fingerprint density at radius 2 is 2.18 bits per heavy atom. The molecule has 0 radical (unpaired) electrons. The van der Waals surface area contributed by atoms with Gasteiger partial charge in [0, 0.05) is 6.07 Å². The van der Waals surface area contributed by atoms with Gasteiger partial charge in [-0.15, -0.1) is 0 Å². The van der Waals surface area contributed by atoms with Gasteiger partial charge in [-0.1, -0.05) is 0 Å². The number of hydrogen-bond acceptors (Lipinski definition) is 5. The lowest BCUT2D eigenvalue weighted by atomic mass is 10.4. The summed E-state index contributed by atoms with van der Waals surface area (Å²) in [5.74, 6) is -1.37. The molecule has 8 heteroatoms. The Balaban J connectivity index is 2.76. The monoisotopic (exact) mass is 241 g/mol. The summed E-state index contributed by atoms with van der Waals surface area (Å²) in [7, 11) is 2.59. The molecule has 8 nitrogen and oxygen atoms in total. The van der Waals surface area contributed by atoms with E-state index in [0.29, 0.717) is 0 Å². The van der Waals surface area contributed by atoms with Crippen molar-refractivity contribution in [2.24, 2.45) is 7.05 Å². The van der Waals surface area contributed by atoms with Gasteiger partial charge in [0.25, 0.3) is 5.91 Å². The van der Waals surface area contributed by atoms with Crippen LogP contribution in [0.3, 0.4) is 0 Å². The molecule has 0 unspecified atom stereocenters. The predicted molar refractivity (Wildman–Crippen MR) is 56.4 cm³/mol. The largest absolute Gasteiger partial charge is 0.468 e. The molecular weight excluding hydrogens is 230 g/mol. The molecule has 1 amide bonds. The summed E-state index contributed by atoms with van der Waals surface area (Å²) >= 11 is 0. The second-order valence-corrected chi connectivity index (χ2v) is 3.15. The van der Waals surface area contributed by atoms with Gasteiger partial charge in [-0.2, -0.15) is 0 Å². The van der Waals surface area contributed by atoms with E-state index in [4.69, 9.17) is 0 Å². The first kappa shape index (κ1) is 12.7. The van der Waals surface area contributed by atoms with Crippen molar-refractivity contribution in [1.82, 2.24) is 9.88 Å². The van der Waals surface area contributed by atoms with Crippen LogP contribution in [0.15, 0.2) is 12.1 Å². The predicted octanol–water partition coefficient (Wildman–Crippen LogP) is -0.164. The highest BCUT2D eigenvalue weighted by molar-refractivity contribution is 5.95. The Labute approximate surface area is 96.3 Å². The molecule has 1 rings (SSSR count). The van der Waals surface area contributed by atoms with Crippen molar-refractivity contribution in [2.75, 3.05) is 13.7 Å². The number of amides is 1. The maximum absolute atomic E-state index is 11.6. The van der Waals surface area contributed by atoms with E-state index in [1.54, 1.807) is 0 Å². The number of aromatic nitrogens is 1. The normalized spacial score (nSPS) is 9.76. The van der Waals surface area contributed by atoms with Gasteiger partial charge in [-0.05, 0) is 11.0 Å². The molecule has 0 spiro atoms. The maximum atomic E-state index is 11.6. The lowest BCUT2D eigenvalue weighted by molar-refractivity contribution is -0.391. The van der Waals surface area contributed by atoms with Gasteiger partial charge in [0.05, 0.1) is 14.2 Å². The van der Waals surface area contributed by atoms with Crippen LogP contribution in [0.2, 0.25) is 0 Å². The van der Waals surface area contributed by atoms with Gasteiger partial charge in [0.1, 0.15) is 6.54 Å². The van der Waals surface area contributed by atoms with Crippen LogP contribution in [0.1, 0.15) is 10.5 Å².